The molecule has 0 bridgehead atoms. The molecular weight excluding hydrogens is 470 g/mol. The summed E-state index contributed by atoms with van der Waals surface area (Å²) in [5.74, 6) is 0.469. The number of benzene rings is 2. The number of carbonyl (C=O) groups is 2. The van der Waals surface area contributed by atoms with Gasteiger partial charge in [0.25, 0.3) is 11.8 Å². The van der Waals surface area contributed by atoms with Crippen molar-refractivity contribution in [2.24, 2.45) is 0 Å². The number of thiocarbonyl (C=S) groups is 1. The Hall–Kier alpha value is -2.65. The first kappa shape index (κ1) is 23.6. The van der Waals surface area contributed by atoms with E-state index in [0.29, 0.717) is 28.1 Å². The number of hydrazine groups is 1. The number of hydrogen-bond acceptors (Lipinski definition) is 5. The minimum atomic E-state index is -0.436. The molecule has 30 heavy (non-hydrogen) atoms. The summed E-state index contributed by atoms with van der Waals surface area (Å²) in [6, 6.07) is 10.7. The molecule has 0 radical (unpaired) electrons. The zero-order valence-electron chi connectivity index (χ0n) is 17.0. The lowest BCUT2D eigenvalue weighted by Gasteiger charge is -2.14. The molecule has 0 saturated carbocycles. The lowest BCUT2D eigenvalue weighted by atomic mass is 10.1. The zero-order valence-corrected chi connectivity index (χ0v) is 19.4. The van der Waals surface area contributed by atoms with Gasteiger partial charge in [-0.3, -0.25) is 25.8 Å². The van der Waals surface area contributed by atoms with Crippen LogP contribution in [-0.4, -0.2) is 30.1 Å². The Bertz CT molecular complexity index is 916. The monoisotopic (exact) mass is 493 g/mol. The maximum atomic E-state index is 12.3. The zero-order chi connectivity index (χ0) is 22.1. The fraction of sp³-hybridized carbons (Fsp3) is 0.286. The average molecular weight is 494 g/mol. The molecule has 160 valence electrons. The maximum Gasteiger partial charge on any atom is 0.276 e. The highest BCUT2D eigenvalue weighted by Crippen LogP contribution is 2.26. The summed E-state index contributed by atoms with van der Waals surface area (Å²) >= 11 is 8.43. The van der Waals surface area contributed by atoms with Crippen LogP contribution in [0, 0.1) is 13.8 Å². The molecule has 7 nitrogen and oxygen atoms in total. The smallest absolute Gasteiger partial charge is 0.276 e. The quantitative estimate of drug-likeness (QED) is 0.403. The Morgan fingerprint density at radius 1 is 1.07 bits per heavy atom. The van der Waals surface area contributed by atoms with E-state index in [1.807, 2.05) is 39.0 Å². The second-order valence-electron chi connectivity index (χ2n) is 6.46. The lowest BCUT2D eigenvalue weighted by Crippen LogP contribution is -2.49. The average Bonchev–Trinajstić information content (AvgIpc) is 2.71. The Labute approximate surface area is 189 Å². The maximum absolute atomic E-state index is 12.3. The van der Waals surface area contributed by atoms with Gasteiger partial charge in [0.05, 0.1) is 11.1 Å². The van der Waals surface area contributed by atoms with Gasteiger partial charge in [-0.25, -0.2) is 0 Å². The minimum absolute atomic E-state index is 0.0390. The van der Waals surface area contributed by atoms with E-state index in [9.17, 15) is 9.59 Å². The van der Waals surface area contributed by atoms with Crippen LogP contribution >= 0.6 is 28.1 Å². The van der Waals surface area contributed by atoms with Crippen molar-refractivity contribution in [3.05, 3.63) is 57.6 Å². The van der Waals surface area contributed by atoms with Crippen molar-refractivity contribution in [3.8, 4) is 11.5 Å². The van der Waals surface area contributed by atoms with Gasteiger partial charge >= 0.3 is 0 Å². The van der Waals surface area contributed by atoms with Crippen LogP contribution in [0.4, 0.5) is 0 Å². The lowest BCUT2D eigenvalue weighted by molar-refractivity contribution is -0.123. The van der Waals surface area contributed by atoms with Crippen LogP contribution in [0.25, 0.3) is 0 Å². The van der Waals surface area contributed by atoms with Gasteiger partial charge in [0.2, 0.25) is 0 Å². The number of ether oxygens (including phenoxy) is 2. The van der Waals surface area contributed by atoms with Gasteiger partial charge in [-0.2, -0.15) is 0 Å². The predicted molar refractivity (Wildman–Crippen MR) is 123 cm³/mol. The fourth-order valence-corrected chi connectivity index (χ4v) is 3.14. The summed E-state index contributed by atoms with van der Waals surface area (Å²) < 4.78 is 11.8. The Balaban J connectivity index is 1.80. The van der Waals surface area contributed by atoms with Gasteiger partial charge in [-0.15, -0.1) is 0 Å². The highest BCUT2D eigenvalue weighted by atomic mass is 79.9. The number of hydrogen-bond donors (Lipinski definition) is 3. The summed E-state index contributed by atoms with van der Waals surface area (Å²) in [4.78, 5) is 24.3. The van der Waals surface area contributed by atoms with Crippen LogP contribution in [0.15, 0.2) is 40.9 Å². The first-order valence-corrected chi connectivity index (χ1v) is 10.5. The van der Waals surface area contributed by atoms with E-state index >= 15 is 0 Å². The van der Waals surface area contributed by atoms with Crippen LogP contribution in [-0.2, 0) is 4.79 Å². The Morgan fingerprint density at radius 2 is 1.77 bits per heavy atom. The topological polar surface area (TPSA) is 88.7 Å². The van der Waals surface area contributed by atoms with Gasteiger partial charge in [0.15, 0.2) is 11.7 Å². The molecule has 0 saturated heterocycles. The second-order valence-corrected chi connectivity index (χ2v) is 7.72. The molecule has 0 unspecified atom stereocenters. The number of carbonyl (C=O) groups excluding carboxylic acids is 2. The first-order chi connectivity index (χ1) is 14.3. The molecule has 0 aromatic heterocycles. The van der Waals surface area contributed by atoms with E-state index < -0.39 is 11.8 Å². The van der Waals surface area contributed by atoms with Crippen LogP contribution in [0.2, 0.25) is 0 Å². The summed E-state index contributed by atoms with van der Waals surface area (Å²) in [7, 11) is 0. The molecule has 0 heterocycles. The third kappa shape index (κ3) is 7.00. The number of aryl methyl sites for hydroxylation is 2. The van der Waals surface area contributed by atoms with E-state index in [1.54, 1.807) is 18.2 Å². The highest BCUT2D eigenvalue weighted by molar-refractivity contribution is 9.10. The van der Waals surface area contributed by atoms with Gasteiger partial charge in [-0.1, -0.05) is 25.1 Å². The summed E-state index contributed by atoms with van der Waals surface area (Å²) in [5.41, 5.74) is 7.15. The molecule has 2 aromatic carbocycles. The second kappa shape index (κ2) is 11.5. The van der Waals surface area contributed by atoms with Crippen molar-refractivity contribution in [2.45, 2.75) is 27.2 Å². The van der Waals surface area contributed by atoms with E-state index in [2.05, 4.69) is 32.1 Å². The SMILES string of the molecule is CCCOc1ccc(C(=O)NC(=S)NNC(=O)COc2c(C)cccc2C)cc1Br. The number of rotatable bonds is 7. The number of nitrogens with one attached hydrogen (secondary N) is 3. The minimum Gasteiger partial charge on any atom is -0.492 e. The van der Waals surface area contributed by atoms with Crippen LogP contribution in [0.3, 0.4) is 0 Å². The van der Waals surface area contributed by atoms with Gasteiger partial charge in [0, 0.05) is 5.56 Å². The molecule has 2 rings (SSSR count). The van der Waals surface area contributed by atoms with Crippen molar-refractivity contribution in [3.63, 3.8) is 0 Å². The highest BCUT2D eigenvalue weighted by Gasteiger charge is 2.12. The van der Waals surface area contributed by atoms with E-state index in [4.69, 9.17) is 21.7 Å². The molecule has 0 aliphatic carbocycles. The van der Waals surface area contributed by atoms with E-state index in [0.717, 1.165) is 17.5 Å². The molecule has 0 atom stereocenters. The molecule has 0 aliphatic heterocycles. The van der Waals surface area contributed by atoms with Crippen LogP contribution in [0.1, 0.15) is 34.8 Å². The van der Waals surface area contributed by atoms with E-state index in [-0.39, 0.29) is 11.7 Å². The normalized spacial score (nSPS) is 10.1. The van der Waals surface area contributed by atoms with Gasteiger partial charge in [0.1, 0.15) is 11.5 Å². The Morgan fingerprint density at radius 3 is 2.40 bits per heavy atom. The summed E-state index contributed by atoms with van der Waals surface area (Å²) in [5, 5.41) is 2.46. The van der Waals surface area contributed by atoms with Crippen molar-refractivity contribution in [1.29, 1.82) is 0 Å². The summed E-state index contributed by atoms with van der Waals surface area (Å²) in [6.45, 7) is 6.22. The van der Waals surface area contributed by atoms with Crippen molar-refractivity contribution >= 4 is 45.1 Å². The molecule has 0 spiro atoms. The van der Waals surface area contributed by atoms with Gasteiger partial charge in [-0.05, 0) is 77.7 Å². The van der Waals surface area contributed by atoms with Crippen molar-refractivity contribution in [1.82, 2.24) is 16.2 Å². The third-order valence-electron chi connectivity index (χ3n) is 3.95. The van der Waals surface area contributed by atoms with Gasteiger partial charge < -0.3 is 9.47 Å². The van der Waals surface area contributed by atoms with E-state index in [1.165, 1.54) is 0 Å². The van der Waals surface area contributed by atoms with Crippen molar-refractivity contribution < 1.29 is 19.1 Å². The van der Waals surface area contributed by atoms with Crippen molar-refractivity contribution in [2.75, 3.05) is 13.2 Å². The summed E-state index contributed by atoms with van der Waals surface area (Å²) in [6.07, 6.45) is 0.885. The Kier molecular flexibility index (Phi) is 9.07. The fourth-order valence-electron chi connectivity index (χ4n) is 2.50. The molecule has 9 heteroatoms. The third-order valence-corrected chi connectivity index (χ3v) is 4.78. The predicted octanol–water partition coefficient (Wildman–Crippen LogP) is 3.57. The standard InChI is InChI=1S/C21H24BrN3O4S/c1-4-10-28-17-9-8-15(11-16(17)22)20(27)23-21(30)25-24-18(26)12-29-19-13(2)6-5-7-14(19)3/h5-9,11H,4,10,12H2,1-3H3,(H,24,26)(H2,23,25,27,30). The number of amides is 2. The molecule has 3 N–H and O–H groups in total. The largest absolute Gasteiger partial charge is 0.492 e. The molecular formula is C21H24BrN3O4S. The molecule has 2 amide bonds. The first-order valence-electron chi connectivity index (χ1n) is 9.33. The molecule has 0 fully saturated rings. The number of halogens is 1. The molecule has 0 aliphatic rings. The molecule has 2 aromatic rings. The van der Waals surface area contributed by atoms with Crippen LogP contribution < -0.4 is 25.6 Å². The number of para-hydroxylation sites is 1. The van der Waals surface area contributed by atoms with Crippen LogP contribution in [0.5, 0.6) is 11.5 Å².